The van der Waals surface area contributed by atoms with E-state index in [2.05, 4.69) is 54.9 Å². The van der Waals surface area contributed by atoms with Gasteiger partial charge in [0.15, 0.2) is 0 Å². The quantitative estimate of drug-likeness (QED) is 0.702. The molecular formula is C19H19N3OS2. The van der Waals surface area contributed by atoms with Crippen molar-refractivity contribution in [2.75, 3.05) is 13.1 Å². The number of thiophene rings is 2. The molecule has 3 aromatic rings. The number of nitrogens with zero attached hydrogens (tertiary/aromatic N) is 3. The highest BCUT2D eigenvalue weighted by Gasteiger charge is 2.44. The maximum atomic E-state index is 13.1. The third-order valence-corrected chi connectivity index (χ3v) is 6.84. The predicted molar refractivity (Wildman–Crippen MR) is 101 cm³/mol. The molecule has 0 radical (unpaired) electrons. The second kappa shape index (κ2) is 6.12. The molecule has 5 rings (SSSR count). The molecule has 6 heteroatoms. The highest BCUT2D eigenvalue weighted by atomic mass is 32.1. The Hall–Kier alpha value is -1.89. The van der Waals surface area contributed by atoms with Crippen LogP contribution in [0.25, 0.3) is 0 Å². The van der Waals surface area contributed by atoms with Gasteiger partial charge >= 0.3 is 0 Å². The molecule has 25 heavy (non-hydrogen) atoms. The summed E-state index contributed by atoms with van der Waals surface area (Å²) in [6, 6.07) is 10.9. The lowest BCUT2D eigenvalue weighted by atomic mass is 10.1. The minimum atomic E-state index is 0.164. The van der Waals surface area contributed by atoms with Gasteiger partial charge in [-0.3, -0.25) is 9.69 Å². The van der Waals surface area contributed by atoms with Gasteiger partial charge in [0.25, 0.3) is 5.91 Å². The van der Waals surface area contributed by atoms with E-state index >= 15 is 0 Å². The summed E-state index contributed by atoms with van der Waals surface area (Å²) < 4.78 is 2.20. The van der Waals surface area contributed by atoms with Crippen LogP contribution in [0.1, 0.15) is 27.0 Å². The van der Waals surface area contributed by atoms with Gasteiger partial charge in [0.05, 0.1) is 18.6 Å². The lowest BCUT2D eigenvalue weighted by Crippen LogP contribution is -2.49. The van der Waals surface area contributed by atoms with Crippen molar-refractivity contribution >= 4 is 28.6 Å². The summed E-state index contributed by atoms with van der Waals surface area (Å²) >= 11 is 3.47. The average Bonchev–Trinajstić information content (AvgIpc) is 3.36. The molecule has 0 aliphatic carbocycles. The minimum Gasteiger partial charge on any atom is -0.337 e. The van der Waals surface area contributed by atoms with Crippen molar-refractivity contribution in [3.05, 3.63) is 68.8 Å². The summed E-state index contributed by atoms with van der Waals surface area (Å²) in [6.45, 7) is 3.62. The number of hydrogen-bond donors (Lipinski definition) is 0. The number of carbonyl (C=O) groups excluding carboxylic acids is 1. The summed E-state index contributed by atoms with van der Waals surface area (Å²) in [4.78, 5) is 18.9. The van der Waals surface area contributed by atoms with Crippen LogP contribution in [0.3, 0.4) is 0 Å². The normalized spacial score (nSPS) is 23.0. The molecule has 1 amide bonds. The number of aromatic nitrogens is 1. The molecule has 2 aliphatic rings. The Morgan fingerprint density at radius 3 is 2.76 bits per heavy atom. The molecule has 1 saturated heterocycles. The lowest BCUT2D eigenvalue weighted by molar-refractivity contribution is 0.0559. The summed E-state index contributed by atoms with van der Waals surface area (Å²) in [7, 11) is 0. The highest BCUT2D eigenvalue weighted by molar-refractivity contribution is 7.09. The number of likely N-dealkylation sites (tertiary alicyclic amines) is 1. The van der Waals surface area contributed by atoms with Gasteiger partial charge in [-0.2, -0.15) is 11.3 Å². The van der Waals surface area contributed by atoms with Crippen LogP contribution in [0.5, 0.6) is 0 Å². The fraction of sp³-hybridized carbons (Fsp3) is 0.316. The Bertz CT molecular complexity index is 869. The summed E-state index contributed by atoms with van der Waals surface area (Å²) in [6.07, 6.45) is 2.07. The number of rotatable bonds is 4. The molecular weight excluding hydrogens is 350 g/mol. The smallest absolute Gasteiger partial charge is 0.271 e. The van der Waals surface area contributed by atoms with E-state index in [0.717, 1.165) is 31.9 Å². The van der Waals surface area contributed by atoms with Gasteiger partial charge in [-0.15, -0.1) is 11.3 Å². The molecule has 0 N–H and O–H groups in total. The van der Waals surface area contributed by atoms with Crippen molar-refractivity contribution < 1.29 is 4.79 Å². The van der Waals surface area contributed by atoms with Gasteiger partial charge < -0.3 is 9.47 Å². The number of fused-ring (bicyclic) bond motifs is 3. The molecule has 2 atom stereocenters. The third-order valence-electron chi connectivity index (χ3n) is 5.24. The molecule has 5 heterocycles. The fourth-order valence-electron chi connectivity index (χ4n) is 4.12. The maximum absolute atomic E-state index is 13.1. The first-order valence-corrected chi connectivity index (χ1v) is 10.4. The van der Waals surface area contributed by atoms with E-state index in [9.17, 15) is 4.79 Å². The molecule has 3 aromatic heterocycles. The van der Waals surface area contributed by atoms with E-state index in [1.165, 1.54) is 10.4 Å². The van der Waals surface area contributed by atoms with E-state index in [4.69, 9.17) is 0 Å². The van der Waals surface area contributed by atoms with E-state index in [-0.39, 0.29) is 11.9 Å². The van der Waals surface area contributed by atoms with Crippen molar-refractivity contribution in [1.29, 1.82) is 0 Å². The van der Waals surface area contributed by atoms with Crippen LogP contribution >= 0.6 is 22.7 Å². The lowest BCUT2D eigenvalue weighted by Gasteiger charge is -2.38. The molecule has 0 spiro atoms. The standard InChI is InChI=1S/C19H19N3OS2/c23-19-16-4-1-6-21(16)17-11-20(9-14-5-8-24-13-14)12-18(17)22(19)10-15-3-2-7-25-15/h1-8,13,17-18H,9-12H2/t17-,18-/m0/s1. The van der Waals surface area contributed by atoms with Gasteiger partial charge in [0, 0.05) is 30.7 Å². The van der Waals surface area contributed by atoms with E-state index < -0.39 is 0 Å². The van der Waals surface area contributed by atoms with Gasteiger partial charge in [-0.25, -0.2) is 0 Å². The van der Waals surface area contributed by atoms with Crippen LogP contribution in [0, 0.1) is 0 Å². The summed E-state index contributed by atoms with van der Waals surface area (Å²) in [5, 5.41) is 6.44. The molecule has 128 valence electrons. The van der Waals surface area contributed by atoms with Crippen LogP contribution in [0.4, 0.5) is 0 Å². The topological polar surface area (TPSA) is 28.5 Å². The first kappa shape index (κ1) is 15.4. The molecule has 0 bridgehead atoms. The van der Waals surface area contributed by atoms with Crippen LogP contribution in [-0.4, -0.2) is 39.4 Å². The average molecular weight is 370 g/mol. The Kier molecular flexibility index (Phi) is 3.77. The number of carbonyl (C=O) groups is 1. The van der Waals surface area contributed by atoms with Crippen LogP contribution in [-0.2, 0) is 13.1 Å². The maximum Gasteiger partial charge on any atom is 0.271 e. The van der Waals surface area contributed by atoms with Crippen molar-refractivity contribution in [1.82, 2.24) is 14.4 Å². The monoisotopic (exact) mass is 369 g/mol. The molecule has 4 nitrogen and oxygen atoms in total. The zero-order valence-corrected chi connectivity index (χ0v) is 15.4. The summed E-state index contributed by atoms with van der Waals surface area (Å²) in [5.41, 5.74) is 2.20. The largest absolute Gasteiger partial charge is 0.337 e. The Morgan fingerprint density at radius 1 is 1.04 bits per heavy atom. The fourth-order valence-corrected chi connectivity index (χ4v) is 5.48. The minimum absolute atomic E-state index is 0.164. The van der Waals surface area contributed by atoms with E-state index in [1.807, 2.05) is 12.1 Å². The van der Waals surface area contributed by atoms with Gasteiger partial charge in [-0.05, 0) is 46.0 Å². The van der Waals surface area contributed by atoms with Crippen LogP contribution < -0.4 is 0 Å². The van der Waals surface area contributed by atoms with E-state index in [1.54, 1.807) is 22.7 Å². The van der Waals surface area contributed by atoms with Gasteiger partial charge in [-0.1, -0.05) is 6.07 Å². The van der Waals surface area contributed by atoms with Crippen LogP contribution in [0.15, 0.2) is 52.7 Å². The predicted octanol–water partition coefficient (Wildman–Crippen LogP) is 3.69. The molecule has 0 saturated carbocycles. The third kappa shape index (κ3) is 2.65. The highest BCUT2D eigenvalue weighted by Crippen LogP contribution is 2.35. The summed E-state index contributed by atoms with van der Waals surface area (Å²) in [5.74, 6) is 0.164. The van der Waals surface area contributed by atoms with E-state index in [0.29, 0.717) is 6.04 Å². The van der Waals surface area contributed by atoms with Gasteiger partial charge in [0.2, 0.25) is 0 Å². The Balaban J connectivity index is 1.45. The first-order valence-electron chi connectivity index (χ1n) is 8.53. The molecule has 2 aliphatic heterocycles. The first-order chi connectivity index (χ1) is 12.3. The second-order valence-corrected chi connectivity index (χ2v) is 8.59. The molecule has 0 unspecified atom stereocenters. The Labute approximate surface area is 154 Å². The Morgan fingerprint density at radius 2 is 1.96 bits per heavy atom. The van der Waals surface area contributed by atoms with Crippen molar-refractivity contribution in [3.8, 4) is 0 Å². The SMILES string of the molecule is O=C1c2cccn2[C@H]2CN(Cc3ccsc3)C[C@@H]2N1Cc1cccs1. The molecule has 1 fully saturated rings. The number of hydrogen-bond acceptors (Lipinski definition) is 4. The van der Waals surface area contributed by atoms with Gasteiger partial charge in [0.1, 0.15) is 5.69 Å². The van der Waals surface area contributed by atoms with Crippen molar-refractivity contribution in [2.24, 2.45) is 0 Å². The zero-order valence-electron chi connectivity index (χ0n) is 13.7. The zero-order chi connectivity index (χ0) is 16.8. The van der Waals surface area contributed by atoms with Crippen molar-refractivity contribution in [3.63, 3.8) is 0 Å². The second-order valence-electron chi connectivity index (χ2n) is 6.77. The number of amides is 1. The van der Waals surface area contributed by atoms with Crippen molar-refractivity contribution in [2.45, 2.75) is 25.2 Å². The molecule has 0 aromatic carbocycles. The van der Waals surface area contributed by atoms with Crippen LogP contribution in [0.2, 0.25) is 0 Å².